The summed E-state index contributed by atoms with van der Waals surface area (Å²) in [5.41, 5.74) is 1.12. The summed E-state index contributed by atoms with van der Waals surface area (Å²) in [7, 11) is -1.61. The zero-order valence-corrected chi connectivity index (χ0v) is 28.9. The summed E-state index contributed by atoms with van der Waals surface area (Å²) in [6, 6.07) is 24.4. The highest BCUT2D eigenvalue weighted by molar-refractivity contribution is 7.92. The maximum absolute atomic E-state index is 15.1. The molecule has 0 heterocycles. The van der Waals surface area contributed by atoms with Crippen molar-refractivity contribution in [1.29, 1.82) is 0 Å². The van der Waals surface area contributed by atoms with E-state index in [4.69, 9.17) is 14.2 Å². The minimum absolute atomic E-state index is 0.113. The fraction of sp³-hybridized carbons (Fsp3) is 0.297. The van der Waals surface area contributed by atoms with E-state index < -0.39 is 40.2 Å². The number of carbonyl (C=O) groups is 2. The van der Waals surface area contributed by atoms with Crippen molar-refractivity contribution >= 4 is 27.5 Å². The first kappa shape index (κ1) is 36.7. The molecule has 260 valence electrons. The van der Waals surface area contributed by atoms with Crippen molar-refractivity contribution in [2.75, 3.05) is 38.2 Å². The van der Waals surface area contributed by atoms with Crippen LogP contribution in [0.1, 0.15) is 31.4 Å². The predicted molar refractivity (Wildman–Crippen MR) is 186 cm³/mol. The number of hydrogen-bond acceptors (Lipinski definition) is 7. The van der Waals surface area contributed by atoms with Crippen molar-refractivity contribution in [2.45, 2.75) is 44.2 Å². The molecule has 2 amide bonds. The average molecular weight is 692 g/mol. The molecule has 0 fully saturated rings. The number of amides is 2. The molecule has 4 aromatic rings. The van der Waals surface area contributed by atoms with E-state index in [1.165, 1.54) is 67.7 Å². The number of anilines is 1. The molecule has 0 aliphatic rings. The SMILES string of the molecule is CCCNC(=O)[C@@H](Cc1ccccc1)N(Cc1ccccc1F)C(=O)CN(c1ccc(OCC)cc1)S(=O)(=O)c1ccc(OC)c(OC)c1. The van der Waals surface area contributed by atoms with Gasteiger partial charge in [0.25, 0.3) is 10.0 Å². The smallest absolute Gasteiger partial charge is 0.264 e. The van der Waals surface area contributed by atoms with Crippen LogP contribution in [-0.2, 0) is 32.6 Å². The van der Waals surface area contributed by atoms with Crippen molar-refractivity contribution in [2.24, 2.45) is 0 Å². The Morgan fingerprint density at radius 3 is 2.16 bits per heavy atom. The maximum atomic E-state index is 15.1. The van der Waals surface area contributed by atoms with Gasteiger partial charge in [0.05, 0.1) is 31.4 Å². The molecule has 0 saturated carbocycles. The van der Waals surface area contributed by atoms with E-state index in [1.54, 1.807) is 18.2 Å². The summed E-state index contributed by atoms with van der Waals surface area (Å²) in [6.45, 7) is 3.51. The molecular weight excluding hydrogens is 649 g/mol. The van der Waals surface area contributed by atoms with Gasteiger partial charge in [-0.25, -0.2) is 12.8 Å². The third-order valence-corrected chi connectivity index (χ3v) is 9.55. The standard InChI is InChI=1S/C37H42FN3O7S/c1-5-22-39-37(43)33(23-27-12-8-7-9-13-27)40(25-28-14-10-11-15-32(28)38)36(42)26-41(29-16-18-30(19-17-29)48-6-2)49(44,45)31-20-21-34(46-3)35(24-31)47-4/h7-21,24,33H,5-6,22-23,25-26H2,1-4H3,(H,39,43)/t33-/m1/s1. The molecule has 0 aliphatic heterocycles. The summed E-state index contributed by atoms with van der Waals surface area (Å²) in [5.74, 6) is -0.701. The number of ether oxygens (including phenoxy) is 3. The topological polar surface area (TPSA) is 114 Å². The van der Waals surface area contributed by atoms with Crippen molar-refractivity contribution < 1.29 is 36.6 Å². The van der Waals surface area contributed by atoms with Gasteiger partial charge >= 0.3 is 0 Å². The van der Waals surface area contributed by atoms with E-state index in [1.807, 2.05) is 44.2 Å². The second-order valence-electron chi connectivity index (χ2n) is 11.1. The molecule has 12 heteroatoms. The van der Waals surface area contributed by atoms with E-state index in [2.05, 4.69) is 5.32 Å². The first-order valence-corrected chi connectivity index (χ1v) is 17.4. The van der Waals surface area contributed by atoms with Gasteiger partial charge in [-0.3, -0.25) is 13.9 Å². The van der Waals surface area contributed by atoms with Crippen LogP contribution in [0.2, 0.25) is 0 Å². The number of hydrogen-bond donors (Lipinski definition) is 1. The molecule has 0 unspecified atom stereocenters. The summed E-state index contributed by atoms with van der Waals surface area (Å²) in [4.78, 5) is 29.4. The van der Waals surface area contributed by atoms with Crippen LogP contribution in [0.15, 0.2) is 102 Å². The monoisotopic (exact) mass is 691 g/mol. The normalized spacial score (nSPS) is 11.7. The molecule has 4 aromatic carbocycles. The zero-order valence-electron chi connectivity index (χ0n) is 28.1. The molecule has 1 atom stereocenters. The van der Waals surface area contributed by atoms with Gasteiger partial charge in [-0.1, -0.05) is 55.5 Å². The van der Waals surface area contributed by atoms with Gasteiger partial charge in [-0.2, -0.15) is 0 Å². The van der Waals surface area contributed by atoms with Crippen LogP contribution in [0.25, 0.3) is 0 Å². The fourth-order valence-electron chi connectivity index (χ4n) is 5.24. The number of benzene rings is 4. The number of sulfonamides is 1. The van der Waals surface area contributed by atoms with Crippen molar-refractivity contribution in [3.63, 3.8) is 0 Å². The van der Waals surface area contributed by atoms with Gasteiger partial charge in [0, 0.05) is 31.1 Å². The third kappa shape index (κ3) is 9.29. The van der Waals surface area contributed by atoms with E-state index >= 15 is 4.39 Å². The number of methoxy groups -OCH3 is 2. The van der Waals surface area contributed by atoms with Crippen LogP contribution in [0.4, 0.5) is 10.1 Å². The van der Waals surface area contributed by atoms with Gasteiger partial charge in [0.15, 0.2) is 11.5 Å². The molecule has 0 bridgehead atoms. The lowest BCUT2D eigenvalue weighted by atomic mass is 10.0. The second-order valence-corrected chi connectivity index (χ2v) is 12.9. The zero-order chi connectivity index (χ0) is 35.4. The Bertz CT molecular complexity index is 1800. The summed E-state index contributed by atoms with van der Waals surface area (Å²) < 4.78 is 61.1. The quantitative estimate of drug-likeness (QED) is 0.153. The first-order valence-electron chi connectivity index (χ1n) is 15.9. The number of nitrogens with one attached hydrogen (secondary N) is 1. The van der Waals surface area contributed by atoms with Crippen LogP contribution in [-0.4, -0.2) is 65.1 Å². The summed E-state index contributed by atoms with van der Waals surface area (Å²) >= 11 is 0. The average Bonchev–Trinajstić information content (AvgIpc) is 3.12. The lowest BCUT2D eigenvalue weighted by molar-refractivity contribution is -0.140. The number of nitrogens with zero attached hydrogens (tertiary/aromatic N) is 2. The van der Waals surface area contributed by atoms with Gasteiger partial charge in [0.1, 0.15) is 24.2 Å². The predicted octanol–water partition coefficient (Wildman–Crippen LogP) is 5.60. The largest absolute Gasteiger partial charge is 0.494 e. The van der Waals surface area contributed by atoms with Crippen LogP contribution >= 0.6 is 0 Å². The fourth-order valence-corrected chi connectivity index (χ4v) is 6.67. The molecule has 10 nitrogen and oxygen atoms in total. The van der Waals surface area contributed by atoms with Crippen LogP contribution in [0, 0.1) is 5.82 Å². The molecule has 0 radical (unpaired) electrons. The van der Waals surface area contributed by atoms with Crippen LogP contribution in [0.3, 0.4) is 0 Å². The maximum Gasteiger partial charge on any atom is 0.264 e. The van der Waals surface area contributed by atoms with Gasteiger partial charge in [-0.05, 0) is 61.4 Å². The van der Waals surface area contributed by atoms with Crippen molar-refractivity contribution in [1.82, 2.24) is 10.2 Å². The number of rotatable bonds is 17. The van der Waals surface area contributed by atoms with Gasteiger partial charge < -0.3 is 24.4 Å². The Hall–Kier alpha value is -5.10. The molecule has 49 heavy (non-hydrogen) atoms. The molecular formula is C37H42FN3O7S. The second kappa shape index (κ2) is 17.3. The molecule has 1 N–H and O–H groups in total. The van der Waals surface area contributed by atoms with E-state index in [9.17, 15) is 18.0 Å². The molecule has 0 saturated heterocycles. The van der Waals surface area contributed by atoms with Crippen LogP contribution in [0.5, 0.6) is 17.2 Å². The highest BCUT2D eigenvalue weighted by Crippen LogP contribution is 2.33. The lowest BCUT2D eigenvalue weighted by Crippen LogP contribution is -2.53. The minimum Gasteiger partial charge on any atom is -0.494 e. The summed E-state index contributed by atoms with van der Waals surface area (Å²) in [5, 5.41) is 2.87. The molecule has 0 aliphatic carbocycles. The van der Waals surface area contributed by atoms with E-state index in [0.717, 1.165) is 9.87 Å². The first-order chi connectivity index (χ1) is 23.6. The summed E-state index contributed by atoms with van der Waals surface area (Å²) in [6.07, 6.45) is 0.766. The Balaban J connectivity index is 1.83. The Labute approximate surface area is 287 Å². The highest BCUT2D eigenvalue weighted by atomic mass is 32.2. The molecule has 0 aromatic heterocycles. The van der Waals surface area contributed by atoms with Crippen molar-refractivity contribution in [3.05, 3.63) is 114 Å². The Morgan fingerprint density at radius 2 is 1.53 bits per heavy atom. The van der Waals surface area contributed by atoms with E-state index in [0.29, 0.717) is 31.1 Å². The third-order valence-electron chi connectivity index (χ3n) is 7.78. The Morgan fingerprint density at radius 1 is 0.857 bits per heavy atom. The molecule has 4 rings (SSSR count). The lowest BCUT2D eigenvalue weighted by Gasteiger charge is -2.34. The Kier molecular flexibility index (Phi) is 13.0. The highest BCUT2D eigenvalue weighted by Gasteiger charge is 2.35. The van der Waals surface area contributed by atoms with Gasteiger partial charge in [-0.15, -0.1) is 0 Å². The molecule has 0 spiro atoms. The van der Waals surface area contributed by atoms with Crippen LogP contribution < -0.4 is 23.8 Å². The van der Waals surface area contributed by atoms with Crippen molar-refractivity contribution in [3.8, 4) is 17.2 Å². The minimum atomic E-state index is -4.43. The number of halogens is 1. The van der Waals surface area contributed by atoms with Gasteiger partial charge in [0.2, 0.25) is 11.8 Å². The number of carbonyl (C=O) groups excluding carboxylic acids is 2. The van der Waals surface area contributed by atoms with E-state index in [-0.39, 0.29) is 34.9 Å².